The lowest BCUT2D eigenvalue weighted by Gasteiger charge is -2.11. The minimum atomic E-state index is -4.10. The zero-order valence-electron chi connectivity index (χ0n) is 8.17. The quantitative estimate of drug-likeness (QED) is 0.743. The molecule has 0 aromatic carbocycles. The predicted octanol–water partition coefficient (Wildman–Crippen LogP) is 2.96. The van der Waals surface area contributed by atoms with E-state index in [9.17, 15) is 13.2 Å². The number of hydrogen-bond donors (Lipinski definition) is 0. The Labute approximate surface area is 80.8 Å². The molecule has 1 rings (SSSR count). The number of hydrogen-bond acceptors (Lipinski definition) is 1. The van der Waals surface area contributed by atoms with Crippen LogP contribution in [0.2, 0.25) is 0 Å². The zero-order chi connectivity index (χ0) is 10.8. The van der Waals surface area contributed by atoms with Crippen LogP contribution in [-0.4, -0.2) is 15.7 Å². The fourth-order valence-electron chi connectivity index (χ4n) is 1.26. The van der Waals surface area contributed by atoms with Gasteiger partial charge in [0.15, 0.2) is 0 Å². The van der Waals surface area contributed by atoms with Crippen molar-refractivity contribution in [3.63, 3.8) is 0 Å². The Morgan fingerprint density at radius 3 is 2.57 bits per heavy atom. The molecule has 0 unspecified atom stereocenters. The zero-order valence-corrected chi connectivity index (χ0v) is 8.17. The highest BCUT2D eigenvalue weighted by atomic mass is 19.4. The average Bonchev–Trinajstić information content (AvgIpc) is 2.46. The lowest BCUT2D eigenvalue weighted by atomic mass is 10.2. The highest BCUT2D eigenvalue weighted by Gasteiger charge is 2.27. The minimum Gasteiger partial charge on any atom is -0.334 e. The number of alkyl halides is 3. The molecule has 1 aromatic heterocycles. The van der Waals surface area contributed by atoms with E-state index in [4.69, 9.17) is 0 Å². The van der Waals surface area contributed by atoms with Crippen LogP contribution in [-0.2, 0) is 6.54 Å². The first-order chi connectivity index (χ1) is 6.40. The molecule has 0 aliphatic carbocycles. The van der Waals surface area contributed by atoms with Crippen LogP contribution in [0.15, 0.2) is 12.4 Å². The summed E-state index contributed by atoms with van der Waals surface area (Å²) < 4.78 is 37.4. The topological polar surface area (TPSA) is 17.8 Å². The molecule has 0 fully saturated rings. The van der Waals surface area contributed by atoms with E-state index >= 15 is 0 Å². The number of rotatable bonds is 3. The SMILES string of the molecule is CC(C)c1nccn1CCC(F)(F)F. The lowest BCUT2D eigenvalue weighted by Crippen LogP contribution is -2.14. The summed E-state index contributed by atoms with van der Waals surface area (Å²) in [6.07, 6.45) is -1.78. The van der Waals surface area contributed by atoms with Gasteiger partial charge in [-0.25, -0.2) is 4.98 Å². The van der Waals surface area contributed by atoms with Gasteiger partial charge < -0.3 is 4.57 Å². The fourth-order valence-corrected chi connectivity index (χ4v) is 1.26. The standard InChI is InChI=1S/C9H13F3N2/c1-7(2)8-13-4-6-14(8)5-3-9(10,11)12/h4,6-7H,3,5H2,1-2H3. The van der Waals surface area contributed by atoms with Gasteiger partial charge in [-0.3, -0.25) is 0 Å². The lowest BCUT2D eigenvalue weighted by molar-refractivity contribution is -0.136. The maximum atomic E-state index is 11.9. The van der Waals surface area contributed by atoms with Crippen LogP contribution in [0.4, 0.5) is 13.2 Å². The molecule has 14 heavy (non-hydrogen) atoms. The molecule has 1 aromatic rings. The van der Waals surface area contributed by atoms with E-state index in [0.29, 0.717) is 5.82 Å². The van der Waals surface area contributed by atoms with Gasteiger partial charge in [0.25, 0.3) is 0 Å². The van der Waals surface area contributed by atoms with Crippen LogP contribution in [0.25, 0.3) is 0 Å². The van der Waals surface area contributed by atoms with Crippen molar-refractivity contribution in [2.75, 3.05) is 0 Å². The predicted molar refractivity (Wildman–Crippen MR) is 47.0 cm³/mol. The molecule has 0 saturated carbocycles. The summed E-state index contributed by atoms with van der Waals surface area (Å²) in [6, 6.07) is 0. The molecule has 0 aliphatic rings. The van der Waals surface area contributed by atoms with Gasteiger partial charge >= 0.3 is 6.18 Å². The summed E-state index contributed by atoms with van der Waals surface area (Å²) in [4.78, 5) is 4.01. The third-order valence-electron chi connectivity index (χ3n) is 1.90. The van der Waals surface area contributed by atoms with Crippen molar-refractivity contribution >= 4 is 0 Å². The Kier molecular flexibility index (Phi) is 3.18. The van der Waals surface area contributed by atoms with Crippen LogP contribution >= 0.6 is 0 Å². The normalized spacial score (nSPS) is 12.4. The smallest absolute Gasteiger partial charge is 0.334 e. The highest BCUT2D eigenvalue weighted by Crippen LogP contribution is 2.21. The molecule has 0 saturated heterocycles. The maximum absolute atomic E-state index is 11.9. The summed E-state index contributed by atoms with van der Waals surface area (Å²) >= 11 is 0. The van der Waals surface area contributed by atoms with Crippen LogP contribution in [0, 0.1) is 0 Å². The van der Waals surface area contributed by atoms with Crippen molar-refractivity contribution in [1.29, 1.82) is 0 Å². The summed E-state index contributed by atoms with van der Waals surface area (Å²) in [7, 11) is 0. The second-order valence-corrected chi connectivity index (χ2v) is 3.50. The first-order valence-corrected chi connectivity index (χ1v) is 4.48. The summed E-state index contributed by atoms with van der Waals surface area (Å²) in [5.41, 5.74) is 0. The van der Waals surface area contributed by atoms with Gasteiger partial charge in [-0.2, -0.15) is 13.2 Å². The van der Waals surface area contributed by atoms with Crippen molar-refractivity contribution in [1.82, 2.24) is 9.55 Å². The molecule has 80 valence electrons. The molecule has 0 spiro atoms. The van der Waals surface area contributed by atoms with Crippen molar-refractivity contribution in [2.24, 2.45) is 0 Å². The van der Waals surface area contributed by atoms with E-state index in [-0.39, 0.29) is 12.5 Å². The Hall–Kier alpha value is -1.00. The van der Waals surface area contributed by atoms with Gasteiger partial charge in [0.05, 0.1) is 6.42 Å². The Morgan fingerprint density at radius 1 is 1.43 bits per heavy atom. The van der Waals surface area contributed by atoms with E-state index in [1.807, 2.05) is 13.8 Å². The Balaban J connectivity index is 2.63. The van der Waals surface area contributed by atoms with Crippen molar-refractivity contribution in [2.45, 2.75) is 38.9 Å². The van der Waals surface area contributed by atoms with Crippen molar-refractivity contribution < 1.29 is 13.2 Å². The third-order valence-corrected chi connectivity index (χ3v) is 1.90. The molecular weight excluding hydrogens is 193 g/mol. The van der Waals surface area contributed by atoms with Gasteiger partial charge in [-0.15, -0.1) is 0 Å². The number of imidazole rings is 1. The molecule has 2 nitrogen and oxygen atoms in total. The van der Waals surface area contributed by atoms with E-state index in [1.54, 1.807) is 10.8 Å². The highest BCUT2D eigenvalue weighted by molar-refractivity contribution is 4.97. The molecular formula is C9H13F3N2. The van der Waals surface area contributed by atoms with Gasteiger partial charge in [-0.1, -0.05) is 13.8 Å². The van der Waals surface area contributed by atoms with Crippen LogP contribution in [0.3, 0.4) is 0 Å². The fraction of sp³-hybridized carbons (Fsp3) is 0.667. The average molecular weight is 206 g/mol. The van der Waals surface area contributed by atoms with Crippen LogP contribution in [0.5, 0.6) is 0 Å². The molecule has 0 atom stereocenters. The molecule has 0 N–H and O–H groups in total. The largest absolute Gasteiger partial charge is 0.390 e. The second kappa shape index (κ2) is 4.02. The molecule has 0 aliphatic heterocycles. The van der Waals surface area contributed by atoms with E-state index in [2.05, 4.69) is 4.98 Å². The third kappa shape index (κ3) is 3.05. The van der Waals surface area contributed by atoms with Gasteiger partial charge in [0.2, 0.25) is 0 Å². The van der Waals surface area contributed by atoms with Gasteiger partial charge in [-0.05, 0) is 0 Å². The van der Waals surface area contributed by atoms with E-state index < -0.39 is 12.6 Å². The molecule has 0 bridgehead atoms. The van der Waals surface area contributed by atoms with Crippen LogP contribution in [0.1, 0.15) is 32.0 Å². The number of nitrogens with zero attached hydrogens (tertiary/aromatic N) is 2. The Bertz CT molecular complexity index is 288. The molecule has 1 heterocycles. The Morgan fingerprint density at radius 2 is 2.07 bits per heavy atom. The first-order valence-electron chi connectivity index (χ1n) is 4.48. The van der Waals surface area contributed by atoms with Crippen molar-refractivity contribution in [3.8, 4) is 0 Å². The minimum absolute atomic E-state index is 0.0446. The van der Waals surface area contributed by atoms with E-state index in [0.717, 1.165) is 0 Å². The monoisotopic (exact) mass is 206 g/mol. The van der Waals surface area contributed by atoms with Crippen molar-refractivity contribution in [3.05, 3.63) is 18.2 Å². The molecule has 0 radical (unpaired) electrons. The maximum Gasteiger partial charge on any atom is 0.390 e. The van der Waals surface area contributed by atoms with E-state index in [1.165, 1.54) is 6.20 Å². The van der Waals surface area contributed by atoms with Gasteiger partial charge in [0, 0.05) is 24.9 Å². The summed E-state index contributed by atoms with van der Waals surface area (Å²) in [5.74, 6) is 0.854. The molecule has 0 amide bonds. The number of aryl methyl sites for hydroxylation is 1. The van der Waals surface area contributed by atoms with Gasteiger partial charge in [0.1, 0.15) is 5.82 Å². The van der Waals surface area contributed by atoms with Crippen LogP contribution < -0.4 is 0 Å². The summed E-state index contributed by atoms with van der Waals surface area (Å²) in [6.45, 7) is 3.77. The number of aromatic nitrogens is 2. The second-order valence-electron chi connectivity index (χ2n) is 3.50. The molecule has 5 heteroatoms. The number of halogens is 3. The summed E-state index contributed by atoms with van der Waals surface area (Å²) in [5, 5.41) is 0. The first kappa shape index (κ1) is 11.1.